The molecule has 0 aromatic rings. The maximum Gasteiger partial charge on any atom is 0.0391 e. The molecule has 1 rings (SSSR count). The molecule has 9 heavy (non-hydrogen) atoms. The van der Waals surface area contributed by atoms with Crippen molar-refractivity contribution in [1.82, 2.24) is 0 Å². The summed E-state index contributed by atoms with van der Waals surface area (Å²) in [7, 11) is 0. The zero-order chi connectivity index (χ0) is 6.69. The minimum Gasteiger partial charge on any atom is -0.127 e. The van der Waals surface area contributed by atoms with Gasteiger partial charge in [0.25, 0.3) is 0 Å². The van der Waals surface area contributed by atoms with Gasteiger partial charge in [0.1, 0.15) is 0 Å². The molecule has 0 aromatic heterocycles. The van der Waals surface area contributed by atoms with Crippen molar-refractivity contribution in [3.05, 3.63) is 41.7 Å². The Morgan fingerprint density at radius 2 is 2.33 bits per heavy atom. The highest BCUT2D eigenvalue weighted by molar-refractivity contribution is 5.58. The van der Waals surface area contributed by atoms with Gasteiger partial charge in [0, 0.05) is 5.57 Å². The molecular formula is C9H6. The lowest BCUT2D eigenvalue weighted by Crippen LogP contribution is -1.67. The summed E-state index contributed by atoms with van der Waals surface area (Å²) in [6.45, 7) is 3.42. The van der Waals surface area contributed by atoms with E-state index in [1.54, 1.807) is 6.08 Å². The minimum absolute atomic E-state index is 0.866. The van der Waals surface area contributed by atoms with E-state index in [0.717, 1.165) is 11.1 Å². The first-order valence-corrected chi connectivity index (χ1v) is 2.63. The van der Waals surface area contributed by atoms with Gasteiger partial charge in [0.2, 0.25) is 0 Å². The van der Waals surface area contributed by atoms with Crippen LogP contribution in [0.2, 0.25) is 0 Å². The van der Waals surface area contributed by atoms with Crippen LogP contribution in [0.4, 0.5) is 0 Å². The average molecular weight is 114 g/mol. The van der Waals surface area contributed by atoms with E-state index >= 15 is 0 Å². The summed E-state index contributed by atoms with van der Waals surface area (Å²) in [6, 6.07) is 0. The van der Waals surface area contributed by atoms with Crippen LogP contribution in [0.5, 0.6) is 0 Å². The smallest absolute Gasteiger partial charge is 0.0391 e. The van der Waals surface area contributed by atoms with Crippen LogP contribution in [0.25, 0.3) is 0 Å². The molecule has 0 saturated carbocycles. The van der Waals surface area contributed by atoms with Crippen molar-refractivity contribution >= 4 is 0 Å². The van der Waals surface area contributed by atoms with Gasteiger partial charge in [-0.1, -0.05) is 24.7 Å². The Morgan fingerprint density at radius 1 is 1.67 bits per heavy atom. The maximum atomic E-state index is 5.15. The molecule has 0 radical (unpaired) electrons. The molecule has 0 N–H and O–H groups in total. The lowest BCUT2D eigenvalue weighted by atomic mass is 10.2. The molecule has 0 fully saturated rings. The molecule has 0 spiro atoms. The van der Waals surface area contributed by atoms with Gasteiger partial charge in [-0.15, -0.1) is 12.2 Å². The maximum absolute atomic E-state index is 5.15. The Bertz CT molecular complexity index is 255. The fraction of sp³-hybridized carbons (Fsp3) is 0. The number of terminal acetylenes is 1. The summed E-state index contributed by atoms with van der Waals surface area (Å²) in [5.74, 6) is 2.52. The summed E-state index contributed by atoms with van der Waals surface area (Å²) in [5, 5.41) is 0. The highest BCUT2D eigenvalue weighted by Crippen LogP contribution is 2.19. The van der Waals surface area contributed by atoms with Gasteiger partial charge >= 0.3 is 0 Å². The van der Waals surface area contributed by atoms with Crippen molar-refractivity contribution in [2.75, 3.05) is 0 Å². The molecule has 0 bridgehead atoms. The topological polar surface area (TPSA) is 0 Å². The Kier molecular flexibility index (Phi) is 1.40. The minimum atomic E-state index is 0.866. The lowest BCUT2D eigenvalue weighted by molar-refractivity contribution is 1.76. The van der Waals surface area contributed by atoms with Crippen LogP contribution in [-0.4, -0.2) is 0 Å². The first-order valence-electron chi connectivity index (χ1n) is 2.63. The van der Waals surface area contributed by atoms with E-state index in [2.05, 4.69) is 18.2 Å². The number of hydrogen-bond acceptors (Lipinski definition) is 0. The molecule has 0 aromatic carbocycles. The van der Waals surface area contributed by atoms with Gasteiger partial charge < -0.3 is 0 Å². The molecule has 0 heterocycles. The fourth-order valence-corrected chi connectivity index (χ4v) is 0.532. The van der Waals surface area contributed by atoms with E-state index in [4.69, 9.17) is 6.42 Å². The van der Waals surface area contributed by atoms with Crippen LogP contribution < -0.4 is 0 Å². The SMILES string of the molecule is C#CC(C=C=C)=C1C=C1. The Morgan fingerprint density at radius 3 is 2.67 bits per heavy atom. The third-order valence-electron chi connectivity index (χ3n) is 1.05. The number of allylic oxidation sites excluding steroid dienone is 5. The summed E-state index contributed by atoms with van der Waals surface area (Å²) in [6.07, 6.45) is 10.8. The van der Waals surface area contributed by atoms with Crippen LogP contribution in [0.1, 0.15) is 0 Å². The van der Waals surface area contributed by atoms with Gasteiger partial charge in [0.05, 0.1) is 0 Å². The Hall–Kier alpha value is -1.44. The molecular weight excluding hydrogens is 108 g/mol. The predicted octanol–water partition coefficient (Wildman–Crippen LogP) is 1.83. The fourth-order valence-electron chi connectivity index (χ4n) is 0.532. The first-order chi connectivity index (χ1) is 4.38. The van der Waals surface area contributed by atoms with Gasteiger partial charge in [0.15, 0.2) is 0 Å². The average Bonchev–Trinajstić information content (AvgIpc) is 2.64. The number of rotatable bonds is 1. The molecule has 42 valence electrons. The van der Waals surface area contributed by atoms with E-state index in [0.29, 0.717) is 0 Å². The van der Waals surface area contributed by atoms with Crippen molar-refractivity contribution in [3.8, 4) is 12.3 Å². The summed E-state index contributed by atoms with van der Waals surface area (Å²) < 4.78 is 0. The van der Waals surface area contributed by atoms with Crippen LogP contribution in [0, 0.1) is 12.3 Å². The van der Waals surface area contributed by atoms with Gasteiger partial charge in [-0.05, 0) is 11.6 Å². The molecule has 1 aliphatic rings. The largest absolute Gasteiger partial charge is 0.127 e. The summed E-state index contributed by atoms with van der Waals surface area (Å²) in [4.78, 5) is 0. The van der Waals surface area contributed by atoms with E-state index < -0.39 is 0 Å². The Balaban J connectivity index is 2.88. The molecule has 0 aliphatic heterocycles. The normalized spacial score (nSPS) is 11.7. The quantitative estimate of drug-likeness (QED) is 0.360. The summed E-state index contributed by atoms with van der Waals surface area (Å²) >= 11 is 0. The third kappa shape index (κ3) is 1.22. The van der Waals surface area contributed by atoms with Crippen LogP contribution in [0.15, 0.2) is 41.7 Å². The molecule has 0 atom stereocenters. The van der Waals surface area contributed by atoms with Crippen molar-refractivity contribution in [1.29, 1.82) is 0 Å². The van der Waals surface area contributed by atoms with Crippen molar-refractivity contribution < 1.29 is 0 Å². The van der Waals surface area contributed by atoms with E-state index in [9.17, 15) is 0 Å². The highest BCUT2D eigenvalue weighted by atomic mass is 14.1. The van der Waals surface area contributed by atoms with Crippen LogP contribution >= 0.6 is 0 Å². The zero-order valence-corrected chi connectivity index (χ0v) is 5.02. The second-order valence-electron chi connectivity index (χ2n) is 1.70. The second-order valence-corrected chi connectivity index (χ2v) is 1.70. The molecule has 0 heteroatoms. The highest BCUT2D eigenvalue weighted by Gasteiger charge is 2.02. The molecule has 1 aliphatic carbocycles. The molecule has 0 saturated heterocycles. The number of hydrogen-bond donors (Lipinski definition) is 0. The molecule has 0 amide bonds. The third-order valence-corrected chi connectivity index (χ3v) is 1.05. The van der Waals surface area contributed by atoms with E-state index in [-0.39, 0.29) is 0 Å². The monoisotopic (exact) mass is 114 g/mol. The second kappa shape index (κ2) is 2.22. The predicted molar refractivity (Wildman–Crippen MR) is 38.7 cm³/mol. The van der Waals surface area contributed by atoms with Crippen LogP contribution in [0.3, 0.4) is 0 Å². The van der Waals surface area contributed by atoms with Gasteiger partial charge in [-0.3, -0.25) is 0 Å². The first kappa shape index (κ1) is 5.69. The van der Waals surface area contributed by atoms with E-state index in [1.165, 1.54) is 0 Å². The van der Waals surface area contributed by atoms with Crippen molar-refractivity contribution in [3.63, 3.8) is 0 Å². The van der Waals surface area contributed by atoms with Crippen molar-refractivity contribution in [2.24, 2.45) is 0 Å². The standard InChI is InChI=1S/C9H6/c1-3-5-8(4-2)9-6-7-9/h2,5-7H,1H2. The van der Waals surface area contributed by atoms with Crippen molar-refractivity contribution in [2.45, 2.75) is 0 Å². The van der Waals surface area contributed by atoms with E-state index in [1.807, 2.05) is 12.2 Å². The zero-order valence-electron chi connectivity index (χ0n) is 5.02. The summed E-state index contributed by atoms with van der Waals surface area (Å²) in [5.41, 5.74) is 4.61. The van der Waals surface area contributed by atoms with Gasteiger partial charge in [-0.2, -0.15) is 0 Å². The van der Waals surface area contributed by atoms with Gasteiger partial charge in [-0.25, -0.2) is 0 Å². The van der Waals surface area contributed by atoms with Crippen LogP contribution in [-0.2, 0) is 0 Å². The molecule has 0 nitrogen and oxygen atoms in total. The Labute approximate surface area is 54.9 Å². The molecule has 0 unspecified atom stereocenters. The lowest BCUT2D eigenvalue weighted by Gasteiger charge is -1.81.